The van der Waals surface area contributed by atoms with Gasteiger partial charge in [-0.25, -0.2) is 0 Å². The number of ether oxygens (including phenoxy) is 1. The molecule has 0 bridgehead atoms. The summed E-state index contributed by atoms with van der Waals surface area (Å²) in [5.74, 6) is 1.66. The summed E-state index contributed by atoms with van der Waals surface area (Å²) in [4.78, 5) is 6.45. The average Bonchev–Trinajstić information content (AvgIpc) is 2.35. The molecule has 5 nitrogen and oxygen atoms in total. The normalized spacial score (nSPS) is 11.9. The van der Waals surface area contributed by atoms with E-state index in [1.165, 1.54) is 0 Å². The van der Waals surface area contributed by atoms with Crippen LogP contribution in [-0.2, 0) is 0 Å². The molecule has 1 rings (SSSR count). The predicted octanol–water partition coefficient (Wildman–Crippen LogP) is 1.49. The molecule has 3 N–H and O–H groups in total. The van der Waals surface area contributed by atoms with Crippen LogP contribution in [0.25, 0.3) is 0 Å². The quantitative estimate of drug-likeness (QED) is 0.579. The number of nitrogens with one attached hydrogen (secondary N) is 1. The molecule has 17 heavy (non-hydrogen) atoms. The van der Waals surface area contributed by atoms with Crippen molar-refractivity contribution < 1.29 is 4.74 Å². The number of hydrogen-bond acceptors (Lipinski definition) is 4. The van der Waals surface area contributed by atoms with Crippen LogP contribution in [0.15, 0.2) is 18.2 Å². The zero-order valence-electron chi connectivity index (χ0n) is 10.6. The Morgan fingerprint density at radius 1 is 1.59 bits per heavy atom. The highest BCUT2D eigenvalue weighted by Gasteiger charge is 2.13. The lowest BCUT2D eigenvalue weighted by Crippen LogP contribution is -2.34. The standard InChI is InChI=1S/C12H20N4O/c1-4-16(8-9(2)12(13)14)10-6-5-7-11(15-10)17-3/h5-7,9H,4,8H2,1-3H3,(H3,13,14). The number of rotatable bonds is 6. The Morgan fingerprint density at radius 3 is 2.82 bits per heavy atom. The topological polar surface area (TPSA) is 75.2 Å². The van der Waals surface area contributed by atoms with Crippen molar-refractivity contribution in [1.82, 2.24) is 4.98 Å². The van der Waals surface area contributed by atoms with Crippen molar-refractivity contribution >= 4 is 11.7 Å². The fraction of sp³-hybridized carbons (Fsp3) is 0.500. The van der Waals surface area contributed by atoms with E-state index in [-0.39, 0.29) is 11.8 Å². The molecule has 0 aliphatic rings. The van der Waals surface area contributed by atoms with Gasteiger partial charge in [0.1, 0.15) is 5.82 Å². The van der Waals surface area contributed by atoms with Gasteiger partial charge in [0.05, 0.1) is 12.9 Å². The van der Waals surface area contributed by atoms with Gasteiger partial charge in [0.15, 0.2) is 0 Å². The molecular weight excluding hydrogens is 216 g/mol. The van der Waals surface area contributed by atoms with E-state index in [4.69, 9.17) is 15.9 Å². The highest BCUT2D eigenvalue weighted by atomic mass is 16.5. The minimum absolute atomic E-state index is 0.0166. The van der Waals surface area contributed by atoms with Gasteiger partial charge in [-0.15, -0.1) is 0 Å². The maximum atomic E-state index is 7.42. The molecule has 0 amide bonds. The number of methoxy groups -OCH3 is 1. The average molecular weight is 236 g/mol. The largest absolute Gasteiger partial charge is 0.481 e. The second-order valence-corrected chi connectivity index (χ2v) is 3.93. The van der Waals surface area contributed by atoms with E-state index in [2.05, 4.69) is 9.88 Å². The second kappa shape index (κ2) is 6.08. The van der Waals surface area contributed by atoms with E-state index in [1.54, 1.807) is 7.11 Å². The van der Waals surface area contributed by atoms with E-state index >= 15 is 0 Å². The minimum Gasteiger partial charge on any atom is -0.481 e. The van der Waals surface area contributed by atoms with E-state index < -0.39 is 0 Å². The predicted molar refractivity (Wildman–Crippen MR) is 69.8 cm³/mol. The van der Waals surface area contributed by atoms with Gasteiger partial charge >= 0.3 is 0 Å². The van der Waals surface area contributed by atoms with E-state index in [1.807, 2.05) is 32.0 Å². The Labute approximate surface area is 102 Å². The van der Waals surface area contributed by atoms with Crippen molar-refractivity contribution in [3.8, 4) is 5.88 Å². The van der Waals surface area contributed by atoms with Crippen molar-refractivity contribution in [1.29, 1.82) is 5.41 Å². The molecule has 1 heterocycles. The molecule has 1 aromatic heterocycles. The van der Waals surface area contributed by atoms with Gasteiger partial charge < -0.3 is 15.4 Å². The van der Waals surface area contributed by atoms with Crippen molar-refractivity contribution in [3.63, 3.8) is 0 Å². The number of aromatic nitrogens is 1. The first-order chi connectivity index (χ1) is 8.08. The third kappa shape index (κ3) is 3.62. The van der Waals surface area contributed by atoms with Crippen LogP contribution in [-0.4, -0.2) is 31.0 Å². The number of hydrogen-bond donors (Lipinski definition) is 2. The van der Waals surface area contributed by atoms with E-state index in [9.17, 15) is 0 Å². The van der Waals surface area contributed by atoms with Gasteiger partial charge in [-0.3, -0.25) is 5.41 Å². The van der Waals surface area contributed by atoms with Crippen molar-refractivity contribution in [2.24, 2.45) is 11.7 Å². The number of nitrogens with two attached hydrogens (primary N) is 1. The van der Waals surface area contributed by atoms with Crippen LogP contribution in [0.5, 0.6) is 5.88 Å². The first kappa shape index (κ1) is 13.3. The number of amidine groups is 1. The third-order valence-electron chi connectivity index (χ3n) is 2.65. The Kier molecular flexibility index (Phi) is 4.75. The van der Waals surface area contributed by atoms with Gasteiger partial charge in [0, 0.05) is 25.1 Å². The molecule has 0 aliphatic heterocycles. The lowest BCUT2D eigenvalue weighted by molar-refractivity contribution is 0.397. The van der Waals surface area contributed by atoms with Gasteiger partial charge in [-0.05, 0) is 13.0 Å². The molecule has 1 atom stereocenters. The van der Waals surface area contributed by atoms with Gasteiger partial charge in [0.25, 0.3) is 0 Å². The van der Waals surface area contributed by atoms with Crippen molar-refractivity contribution in [2.75, 3.05) is 25.1 Å². The smallest absolute Gasteiger partial charge is 0.214 e. The molecular formula is C12H20N4O. The maximum Gasteiger partial charge on any atom is 0.214 e. The first-order valence-electron chi connectivity index (χ1n) is 5.68. The van der Waals surface area contributed by atoms with E-state index in [0.29, 0.717) is 12.4 Å². The van der Waals surface area contributed by atoms with Crippen LogP contribution in [0, 0.1) is 11.3 Å². The van der Waals surface area contributed by atoms with Crippen molar-refractivity contribution in [3.05, 3.63) is 18.2 Å². The van der Waals surface area contributed by atoms with Gasteiger partial charge in [-0.1, -0.05) is 13.0 Å². The summed E-state index contributed by atoms with van der Waals surface area (Å²) in [7, 11) is 1.60. The van der Waals surface area contributed by atoms with Gasteiger partial charge in [0.2, 0.25) is 5.88 Å². The lowest BCUT2D eigenvalue weighted by Gasteiger charge is -2.25. The fourth-order valence-electron chi connectivity index (χ4n) is 1.51. The molecule has 0 spiro atoms. The van der Waals surface area contributed by atoms with Crippen LogP contribution in [0.1, 0.15) is 13.8 Å². The molecule has 1 unspecified atom stereocenters. The van der Waals surface area contributed by atoms with Gasteiger partial charge in [-0.2, -0.15) is 4.98 Å². The van der Waals surface area contributed by atoms with Crippen LogP contribution in [0.2, 0.25) is 0 Å². The van der Waals surface area contributed by atoms with Crippen LogP contribution in [0.3, 0.4) is 0 Å². The molecule has 0 radical (unpaired) electrons. The summed E-state index contributed by atoms with van der Waals surface area (Å²) in [6.07, 6.45) is 0. The molecule has 0 saturated heterocycles. The Morgan fingerprint density at radius 2 is 2.29 bits per heavy atom. The highest BCUT2D eigenvalue weighted by molar-refractivity contribution is 5.79. The monoisotopic (exact) mass is 236 g/mol. The first-order valence-corrected chi connectivity index (χ1v) is 5.68. The minimum atomic E-state index is 0.0166. The van der Waals surface area contributed by atoms with E-state index in [0.717, 1.165) is 12.4 Å². The summed E-state index contributed by atoms with van der Waals surface area (Å²) >= 11 is 0. The SMILES string of the molecule is CCN(CC(C)C(=N)N)c1cccc(OC)n1. The highest BCUT2D eigenvalue weighted by Crippen LogP contribution is 2.16. The fourth-order valence-corrected chi connectivity index (χ4v) is 1.51. The summed E-state index contributed by atoms with van der Waals surface area (Å²) in [5, 5.41) is 7.42. The van der Waals surface area contributed by atoms with Crippen LogP contribution in [0.4, 0.5) is 5.82 Å². The summed E-state index contributed by atoms with van der Waals surface area (Å²) in [5.41, 5.74) is 5.48. The second-order valence-electron chi connectivity index (χ2n) is 3.93. The zero-order chi connectivity index (χ0) is 12.8. The molecule has 5 heteroatoms. The van der Waals surface area contributed by atoms with Crippen LogP contribution >= 0.6 is 0 Å². The summed E-state index contributed by atoms with van der Waals surface area (Å²) in [6, 6.07) is 5.65. The number of nitrogens with zero attached hydrogens (tertiary/aromatic N) is 2. The maximum absolute atomic E-state index is 7.42. The third-order valence-corrected chi connectivity index (χ3v) is 2.65. The summed E-state index contributed by atoms with van der Waals surface area (Å²) < 4.78 is 5.10. The molecule has 0 aliphatic carbocycles. The molecule has 0 saturated carbocycles. The van der Waals surface area contributed by atoms with Crippen LogP contribution < -0.4 is 15.4 Å². The Bertz CT molecular complexity index is 381. The molecule has 94 valence electrons. The molecule has 0 aromatic carbocycles. The van der Waals surface area contributed by atoms with Crippen molar-refractivity contribution in [2.45, 2.75) is 13.8 Å². The Hall–Kier alpha value is -1.78. The molecule has 0 fully saturated rings. The zero-order valence-corrected chi connectivity index (χ0v) is 10.6. The lowest BCUT2D eigenvalue weighted by atomic mass is 10.1. The summed E-state index contributed by atoms with van der Waals surface area (Å²) in [6.45, 7) is 5.49. The number of anilines is 1. The molecule has 1 aromatic rings. The number of pyridine rings is 1. The Balaban J connectivity index is 2.82.